The highest BCUT2D eigenvalue weighted by Gasteiger charge is 2.18. The number of rotatable bonds is 5. The number of likely N-dealkylation sites (N-methyl/N-ethyl adjacent to an activating group) is 1. The quantitative estimate of drug-likeness (QED) is 0.801. The number of thiazole rings is 1. The molecule has 0 fully saturated rings. The average molecular weight is 386 g/mol. The van der Waals surface area contributed by atoms with Crippen molar-refractivity contribution in [1.29, 1.82) is 0 Å². The molecule has 130 valence electrons. The standard InChI is InChI=1S/C16H20ClN3O2S2/c1-16(2,3)19-13(21)8-20(4)14(22)9-23-15-18-11-7-10(17)5-6-12(11)24-15/h5-7H,8-9H2,1-4H3,(H,19,21). The molecule has 0 spiro atoms. The first kappa shape index (κ1) is 19.0. The van der Waals surface area contributed by atoms with Gasteiger partial charge in [-0.15, -0.1) is 11.3 Å². The van der Waals surface area contributed by atoms with Crippen LogP contribution in [0.5, 0.6) is 0 Å². The molecule has 8 heteroatoms. The number of amides is 2. The van der Waals surface area contributed by atoms with Crippen LogP contribution in [0.15, 0.2) is 22.5 Å². The molecule has 1 heterocycles. The number of nitrogens with one attached hydrogen (secondary N) is 1. The topological polar surface area (TPSA) is 62.3 Å². The van der Waals surface area contributed by atoms with Gasteiger partial charge in [-0.25, -0.2) is 4.98 Å². The van der Waals surface area contributed by atoms with Crippen molar-refractivity contribution in [2.24, 2.45) is 0 Å². The van der Waals surface area contributed by atoms with Gasteiger partial charge in [0.2, 0.25) is 11.8 Å². The number of carbonyl (C=O) groups excluding carboxylic acids is 2. The molecule has 24 heavy (non-hydrogen) atoms. The Morgan fingerprint density at radius 1 is 1.38 bits per heavy atom. The number of hydrogen-bond donors (Lipinski definition) is 1. The van der Waals surface area contributed by atoms with Gasteiger partial charge in [0.1, 0.15) is 0 Å². The number of thioether (sulfide) groups is 1. The van der Waals surface area contributed by atoms with Crippen LogP contribution in [0.25, 0.3) is 10.2 Å². The number of carbonyl (C=O) groups is 2. The van der Waals surface area contributed by atoms with Crippen molar-refractivity contribution in [3.05, 3.63) is 23.2 Å². The predicted molar refractivity (Wildman–Crippen MR) is 101 cm³/mol. The van der Waals surface area contributed by atoms with Gasteiger partial charge in [0, 0.05) is 17.6 Å². The molecule has 0 saturated carbocycles. The summed E-state index contributed by atoms with van der Waals surface area (Å²) in [5.74, 6) is -0.0355. The van der Waals surface area contributed by atoms with E-state index in [1.165, 1.54) is 28.0 Å². The molecular formula is C16H20ClN3O2S2. The molecule has 2 rings (SSSR count). The van der Waals surface area contributed by atoms with Crippen LogP contribution < -0.4 is 5.32 Å². The Labute approximate surface area is 154 Å². The second kappa shape index (κ2) is 7.72. The third kappa shape index (κ3) is 5.65. The Kier molecular flexibility index (Phi) is 6.11. The van der Waals surface area contributed by atoms with Crippen molar-refractivity contribution in [1.82, 2.24) is 15.2 Å². The van der Waals surface area contributed by atoms with Gasteiger partial charge in [-0.3, -0.25) is 9.59 Å². The average Bonchev–Trinajstić information content (AvgIpc) is 2.84. The highest BCUT2D eigenvalue weighted by molar-refractivity contribution is 8.01. The van der Waals surface area contributed by atoms with Crippen LogP contribution in [0.2, 0.25) is 5.02 Å². The summed E-state index contributed by atoms with van der Waals surface area (Å²) in [7, 11) is 1.63. The second-order valence-electron chi connectivity index (χ2n) is 6.43. The molecule has 0 atom stereocenters. The lowest BCUT2D eigenvalue weighted by Crippen LogP contribution is -2.46. The van der Waals surface area contributed by atoms with Crippen LogP contribution in [0.4, 0.5) is 0 Å². The molecule has 0 aliphatic heterocycles. The zero-order valence-electron chi connectivity index (χ0n) is 14.1. The summed E-state index contributed by atoms with van der Waals surface area (Å²) in [6.45, 7) is 5.76. The van der Waals surface area contributed by atoms with E-state index in [2.05, 4.69) is 10.3 Å². The number of fused-ring (bicyclic) bond motifs is 1. The zero-order valence-corrected chi connectivity index (χ0v) is 16.4. The normalized spacial score (nSPS) is 11.5. The SMILES string of the molecule is CN(CC(=O)NC(C)(C)C)C(=O)CSc1nc2cc(Cl)ccc2s1. The van der Waals surface area contributed by atoms with Gasteiger partial charge in [0.25, 0.3) is 0 Å². The predicted octanol–water partition coefficient (Wildman–Crippen LogP) is 3.41. The van der Waals surface area contributed by atoms with Crippen LogP contribution in [0, 0.1) is 0 Å². The summed E-state index contributed by atoms with van der Waals surface area (Å²) in [6, 6.07) is 5.55. The van der Waals surface area contributed by atoms with E-state index < -0.39 is 0 Å². The fraction of sp³-hybridized carbons (Fsp3) is 0.438. The van der Waals surface area contributed by atoms with Crippen molar-refractivity contribution >= 4 is 56.7 Å². The summed E-state index contributed by atoms with van der Waals surface area (Å²) in [5.41, 5.74) is 0.526. The maximum atomic E-state index is 12.2. The minimum Gasteiger partial charge on any atom is -0.350 e. The second-order valence-corrected chi connectivity index (χ2v) is 9.12. The van der Waals surface area contributed by atoms with Crippen LogP contribution >= 0.6 is 34.7 Å². The fourth-order valence-electron chi connectivity index (χ4n) is 1.94. The van der Waals surface area contributed by atoms with E-state index >= 15 is 0 Å². The summed E-state index contributed by atoms with van der Waals surface area (Å²) >= 11 is 8.85. The maximum absolute atomic E-state index is 12.2. The van der Waals surface area contributed by atoms with Crippen molar-refractivity contribution in [2.75, 3.05) is 19.3 Å². The highest BCUT2D eigenvalue weighted by Crippen LogP contribution is 2.31. The molecule has 2 amide bonds. The first-order chi connectivity index (χ1) is 11.1. The monoisotopic (exact) mass is 385 g/mol. The first-order valence-electron chi connectivity index (χ1n) is 7.38. The number of nitrogens with zero attached hydrogens (tertiary/aromatic N) is 2. The van der Waals surface area contributed by atoms with Gasteiger partial charge in [-0.1, -0.05) is 23.4 Å². The minimum absolute atomic E-state index is 0.0477. The lowest BCUT2D eigenvalue weighted by Gasteiger charge is -2.23. The van der Waals surface area contributed by atoms with E-state index in [1.807, 2.05) is 39.0 Å². The Morgan fingerprint density at radius 2 is 2.08 bits per heavy atom. The fourth-order valence-corrected chi connectivity index (χ4v) is 4.09. The van der Waals surface area contributed by atoms with Gasteiger partial charge in [0.15, 0.2) is 4.34 Å². The van der Waals surface area contributed by atoms with Crippen molar-refractivity contribution in [2.45, 2.75) is 30.6 Å². The lowest BCUT2D eigenvalue weighted by atomic mass is 10.1. The Balaban J connectivity index is 1.88. The molecule has 0 bridgehead atoms. The maximum Gasteiger partial charge on any atom is 0.240 e. The highest BCUT2D eigenvalue weighted by atomic mass is 35.5. The van der Waals surface area contributed by atoms with Gasteiger partial charge in [-0.2, -0.15) is 0 Å². The molecular weight excluding hydrogens is 366 g/mol. The Hall–Kier alpha value is -1.31. The molecule has 1 aromatic heterocycles. The number of hydrogen-bond acceptors (Lipinski definition) is 5. The van der Waals surface area contributed by atoms with Crippen LogP contribution in [-0.2, 0) is 9.59 Å². The van der Waals surface area contributed by atoms with E-state index in [9.17, 15) is 9.59 Å². The van der Waals surface area contributed by atoms with E-state index in [4.69, 9.17) is 11.6 Å². The molecule has 0 unspecified atom stereocenters. The molecule has 1 N–H and O–H groups in total. The summed E-state index contributed by atoms with van der Waals surface area (Å²) in [6.07, 6.45) is 0. The van der Waals surface area contributed by atoms with Gasteiger partial charge in [0.05, 0.1) is 22.5 Å². The first-order valence-corrected chi connectivity index (χ1v) is 9.56. The van der Waals surface area contributed by atoms with E-state index in [0.717, 1.165) is 14.6 Å². The van der Waals surface area contributed by atoms with Crippen molar-refractivity contribution in [3.8, 4) is 0 Å². The third-order valence-corrected chi connectivity index (χ3v) is 5.37. The smallest absolute Gasteiger partial charge is 0.240 e. The number of aromatic nitrogens is 1. The van der Waals surface area contributed by atoms with Crippen LogP contribution in [0.1, 0.15) is 20.8 Å². The Morgan fingerprint density at radius 3 is 2.75 bits per heavy atom. The van der Waals surface area contributed by atoms with Gasteiger partial charge in [-0.05, 0) is 39.0 Å². The van der Waals surface area contributed by atoms with Crippen molar-refractivity contribution in [3.63, 3.8) is 0 Å². The summed E-state index contributed by atoms with van der Waals surface area (Å²) < 4.78 is 1.85. The summed E-state index contributed by atoms with van der Waals surface area (Å²) in [5, 5.41) is 3.48. The molecule has 0 saturated heterocycles. The molecule has 2 aromatic rings. The lowest BCUT2D eigenvalue weighted by molar-refractivity contribution is -0.133. The van der Waals surface area contributed by atoms with Crippen LogP contribution in [0.3, 0.4) is 0 Å². The molecule has 0 aliphatic carbocycles. The number of benzene rings is 1. The molecule has 5 nitrogen and oxygen atoms in total. The van der Waals surface area contributed by atoms with Crippen LogP contribution in [-0.4, -0.2) is 46.6 Å². The van der Waals surface area contributed by atoms with Gasteiger partial charge < -0.3 is 10.2 Å². The number of halogens is 1. The molecule has 1 aromatic carbocycles. The summed E-state index contributed by atoms with van der Waals surface area (Å²) in [4.78, 5) is 29.9. The largest absolute Gasteiger partial charge is 0.350 e. The van der Waals surface area contributed by atoms with Crippen molar-refractivity contribution < 1.29 is 9.59 Å². The van der Waals surface area contributed by atoms with E-state index in [-0.39, 0.29) is 29.7 Å². The molecule has 0 radical (unpaired) electrons. The van der Waals surface area contributed by atoms with E-state index in [1.54, 1.807) is 7.05 Å². The third-order valence-electron chi connectivity index (χ3n) is 2.97. The van der Waals surface area contributed by atoms with E-state index in [0.29, 0.717) is 5.02 Å². The van der Waals surface area contributed by atoms with Gasteiger partial charge >= 0.3 is 0 Å². The zero-order chi connectivity index (χ0) is 17.9. The minimum atomic E-state index is -0.308. The Bertz CT molecular complexity index is 755. The molecule has 0 aliphatic rings.